The quantitative estimate of drug-likeness (QED) is 0.738. The standard InChI is InChI=1S/C11H15NO2/c1-13-10-7-4-8-11(12-10)14-9-5-2-3-6-9/h4,7-9H,2-3,5-6H2,1H3. The lowest BCUT2D eigenvalue weighted by Gasteiger charge is -2.12. The van der Waals surface area contributed by atoms with Crippen LogP contribution in [0.2, 0.25) is 0 Å². The molecule has 1 aromatic heterocycles. The minimum Gasteiger partial charge on any atom is -0.481 e. The third-order valence-electron chi connectivity index (χ3n) is 2.50. The molecule has 1 saturated carbocycles. The molecule has 14 heavy (non-hydrogen) atoms. The van der Waals surface area contributed by atoms with Gasteiger partial charge in [-0.3, -0.25) is 0 Å². The molecule has 2 rings (SSSR count). The molecule has 0 radical (unpaired) electrons. The molecule has 0 aliphatic heterocycles. The molecule has 0 atom stereocenters. The van der Waals surface area contributed by atoms with Gasteiger partial charge in [-0.15, -0.1) is 0 Å². The molecule has 0 unspecified atom stereocenters. The second-order valence-corrected chi connectivity index (χ2v) is 3.54. The molecule has 3 nitrogen and oxygen atoms in total. The lowest BCUT2D eigenvalue weighted by Crippen LogP contribution is -2.11. The normalized spacial score (nSPS) is 16.9. The Morgan fingerprint density at radius 3 is 2.64 bits per heavy atom. The first kappa shape index (κ1) is 9.31. The van der Waals surface area contributed by atoms with Crippen molar-refractivity contribution in [2.24, 2.45) is 0 Å². The first-order valence-electron chi connectivity index (χ1n) is 5.06. The van der Waals surface area contributed by atoms with E-state index in [1.165, 1.54) is 12.8 Å². The maximum Gasteiger partial charge on any atom is 0.216 e. The molecule has 0 N–H and O–H groups in total. The lowest BCUT2D eigenvalue weighted by molar-refractivity contribution is 0.199. The molecule has 1 aromatic rings. The average Bonchev–Trinajstić information content (AvgIpc) is 2.71. The fourth-order valence-corrected chi connectivity index (χ4v) is 1.75. The largest absolute Gasteiger partial charge is 0.481 e. The van der Waals surface area contributed by atoms with Gasteiger partial charge in [0.2, 0.25) is 11.8 Å². The molecule has 0 spiro atoms. The molecular weight excluding hydrogens is 178 g/mol. The van der Waals surface area contributed by atoms with Crippen molar-refractivity contribution in [1.29, 1.82) is 0 Å². The van der Waals surface area contributed by atoms with Gasteiger partial charge >= 0.3 is 0 Å². The van der Waals surface area contributed by atoms with E-state index in [1.807, 2.05) is 18.2 Å². The number of nitrogens with zero attached hydrogens (tertiary/aromatic N) is 1. The lowest BCUT2D eigenvalue weighted by atomic mass is 10.3. The van der Waals surface area contributed by atoms with Gasteiger partial charge in [-0.05, 0) is 25.7 Å². The van der Waals surface area contributed by atoms with Crippen LogP contribution in [0.25, 0.3) is 0 Å². The van der Waals surface area contributed by atoms with E-state index in [2.05, 4.69) is 4.98 Å². The van der Waals surface area contributed by atoms with Gasteiger partial charge in [0, 0.05) is 12.1 Å². The van der Waals surface area contributed by atoms with Crippen LogP contribution in [-0.4, -0.2) is 18.2 Å². The number of pyridine rings is 1. The van der Waals surface area contributed by atoms with Crippen LogP contribution in [0, 0.1) is 0 Å². The summed E-state index contributed by atoms with van der Waals surface area (Å²) in [6, 6.07) is 5.60. The number of rotatable bonds is 3. The predicted octanol–water partition coefficient (Wildman–Crippen LogP) is 2.41. The smallest absolute Gasteiger partial charge is 0.216 e. The maximum absolute atomic E-state index is 5.73. The van der Waals surface area contributed by atoms with Crippen molar-refractivity contribution in [1.82, 2.24) is 4.98 Å². The monoisotopic (exact) mass is 193 g/mol. The first-order chi connectivity index (χ1) is 6.88. The van der Waals surface area contributed by atoms with Gasteiger partial charge in [-0.2, -0.15) is 4.98 Å². The number of hydrogen-bond acceptors (Lipinski definition) is 3. The van der Waals surface area contributed by atoms with Crippen LogP contribution in [0.5, 0.6) is 11.8 Å². The van der Waals surface area contributed by atoms with Crippen molar-refractivity contribution < 1.29 is 9.47 Å². The molecule has 0 bridgehead atoms. The van der Waals surface area contributed by atoms with Gasteiger partial charge in [-0.25, -0.2) is 0 Å². The van der Waals surface area contributed by atoms with E-state index in [0.717, 1.165) is 12.8 Å². The van der Waals surface area contributed by atoms with Crippen LogP contribution in [0.15, 0.2) is 18.2 Å². The summed E-state index contributed by atoms with van der Waals surface area (Å²) < 4.78 is 10.8. The highest BCUT2D eigenvalue weighted by Crippen LogP contribution is 2.23. The topological polar surface area (TPSA) is 31.4 Å². The minimum absolute atomic E-state index is 0.356. The highest BCUT2D eigenvalue weighted by molar-refractivity contribution is 5.19. The fraction of sp³-hybridized carbons (Fsp3) is 0.545. The molecule has 1 aliphatic carbocycles. The van der Waals surface area contributed by atoms with E-state index in [4.69, 9.17) is 9.47 Å². The highest BCUT2D eigenvalue weighted by atomic mass is 16.5. The molecule has 76 valence electrons. The zero-order valence-electron chi connectivity index (χ0n) is 8.40. The summed E-state index contributed by atoms with van der Waals surface area (Å²) >= 11 is 0. The van der Waals surface area contributed by atoms with E-state index in [0.29, 0.717) is 17.9 Å². The number of aromatic nitrogens is 1. The first-order valence-corrected chi connectivity index (χ1v) is 5.06. The van der Waals surface area contributed by atoms with Crippen LogP contribution in [0.3, 0.4) is 0 Å². The maximum atomic E-state index is 5.73. The predicted molar refractivity (Wildman–Crippen MR) is 53.7 cm³/mol. The highest BCUT2D eigenvalue weighted by Gasteiger charge is 2.16. The van der Waals surface area contributed by atoms with Gasteiger partial charge in [0.15, 0.2) is 0 Å². The van der Waals surface area contributed by atoms with E-state index >= 15 is 0 Å². The fourth-order valence-electron chi connectivity index (χ4n) is 1.75. The zero-order chi connectivity index (χ0) is 9.80. The summed E-state index contributed by atoms with van der Waals surface area (Å²) in [6.45, 7) is 0. The third kappa shape index (κ3) is 2.16. The van der Waals surface area contributed by atoms with Crippen molar-refractivity contribution in [2.45, 2.75) is 31.8 Å². The van der Waals surface area contributed by atoms with Gasteiger partial charge in [-0.1, -0.05) is 6.07 Å². The second kappa shape index (κ2) is 4.31. The van der Waals surface area contributed by atoms with Crippen molar-refractivity contribution >= 4 is 0 Å². The SMILES string of the molecule is COc1cccc(OC2CCCC2)n1. The summed E-state index contributed by atoms with van der Waals surface area (Å²) in [6.07, 6.45) is 5.20. The van der Waals surface area contributed by atoms with Crippen LogP contribution in [0.1, 0.15) is 25.7 Å². The summed E-state index contributed by atoms with van der Waals surface area (Å²) in [5, 5.41) is 0. The Hall–Kier alpha value is -1.25. The molecular formula is C11H15NO2. The minimum atomic E-state index is 0.356. The van der Waals surface area contributed by atoms with Crippen LogP contribution < -0.4 is 9.47 Å². The Morgan fingerprint density at radius 1 is 1.21 bits per heavy atom. The van der Waals surface area contributed by atoms with Gasteiger partial charge in [0.05, 0.1) is 7.11 Å². The second-order valence-electron chi connectivity index (χ2n) is 3.54. The van der Waals surface area contributed by atoms with Crippen LogP contribution in [-0.2, 0) is 0 Å². The average molecular weight is 193 g/mol. The van der Waals surface area contributed by atoms with E-state index in [1.54, 1.807) is 7.11 Å². The summed E-state index contributed by atoms with van der Waals surface area (Å²) in [5.41, 5.74) is 0. The molecule has 0 saturated heterocycles. The molecule has 1 heterocycles. The van der Waals surface area contributed by atoms with Crippen molar-refractivity contribution in [2.75, 3.05) is 7.11 Å². The van der Waals surface area contributed by atoms with Crippen LogP contribution >= 0.6 is 0 Å². The number of hydrogen-bond donors (Lipinski definition) is 0. The molecule has 1 aliphatic rings. The molecule has 0 aromatic carbocycles. The number of methoxy groups -OCH3 is 1. The van der Waals surface area contributed by atoms with Crippen molar-refractivity contribution in [3.8, 4) is 11.8 Å². The Labute approximate surface area is 84.1 Å². The zero-order valence-corrected chi connectivity index (χ0v) is 8.40. The summed E-state index contributed by atoms with van der Waals surface area (Å²) in [7, 11) is 1.61. The van der Waals surface area contributed by atoms with E-state index in [9.17, 15) is 0 Å². The van der Waals surface area contributed by atoms with Gasteiger partial charge in [0.1, 0.15) is 6.10 Å². The van der Waals surface area contributed by atoms with Gasteiger partial charge < -0.3 is 9.47 Å². The number of ether oxygens (including phenoxy) is 2. The van der Waals surface area contributed by atoms with E-state index in [-0.39, 0.29) is 0 Å². The Bertz CT molecular complexity index is 295. The Kier molecular flexibility index (Phi) is 2.87. The molecule has 1 fully saturated rings. The Morgan fingerprint density at radius 2 is 1.93 bits per heavy atom. The van der Waals surface area contributed by atoms with Gasteiger partial charge in [0.25, 0.3) is 0 Å². The third-order valence-corrected chi connectivity index (χ3v) is 2.50. The van der Waals surface area contributed by atoms with Crippen molar-refractivity contribution in [3.05, 3.63) is 18.2 Å². The Balaban J connectivity index is 2.00. The summed E-state index contributed by atoms with van der Waals surface area (Å²) in [4.78, 5) is 4.21. The van der Waals surface area contributed by atoms with Crippen LogP contribution in [0.4, 0.5) is 0 Å². The summed E-state index contributed by atoms with van der Waals surface area (Å²) in [5.74, 6) is 1.29. The van der Waals surface area contributed by atoms with Crippen molar-refractivity contribution in [3.63, 3.8) is 0 Å². The molecule has 3 heteroatoms. The van der Waals surface area contributed by atoms with E-state index < -0.39 is 0 Å². The molecule has 0 amide bonds.